The number of carbonyl (C=O) groups is 2. The average molecular weight is 447 g/mol. The third kappa shape index (κ3) is 5.39. The van der Waals surface area contributed by atoms with E-state index in [-0.39, 0.29) is 18.3 Å². The lowest BCUT2D eigenvalue weighted by molar-refractivity contribution is -0.113. The second-order valence-corrected chi connectivity index (χ2v) is 8.69. The van der Waals surface area contributed by atoms with Gasteiger partial charge in [0.15, 0.2) is 11.0 Å². The summed E-state index contributed by atoms with van der Waals surface area (Å²) >= 11 is 2.58. The molecular weight excluding hydrogens is 424 g/mol. The third-order valence-electron chi connectivity index (χ3n) is 4.16. The van der Waals surface area contributed by atoms with Crippen molar-refractivity contribution in [3.05, 3.63) is 52.2 Å². The van der Waals surface area contributed by atoms with Crippen LogP contribution in [0.2, 0.25) is 0 Å². The maximum absolute atomic E-state index is 12.4. The van der Waals surface area contributed by atoms with Crippen molar-refractivity contribution in [3.8, 4) is 5.75 Å². The summed E-state index contributed by atoms with van der Waals surface area (Å²) in [4.78, 5) is 25.1. The number of thiophene rings is 1. The van der Waals surface area contributed by atoms with Crippen molar-refractivity contribution in [1.82, 2.24) is 14.8 Å². The van der Waals surface area contributed by atoms with E-state index in [1.807, 2.05) is 45.2 Å². The first kappa shape index (κ1) is 21.8. The SMILES string of the molecule is COC(=O)c1cc(C)sc1NC(=O)CSc1nnc(COc2ccc(C)cc2)n1C. The Labute approximate surface area is 182 Å². The molecule has 0 saturated carbocycles. The Morgan fingerprint density at radius 2 is 1.93 bits per heavy atom. The minimum atomic E-state index is -0.478. The standard InChI is InChI=1S/C20H22N4O4S2/c1-12-5-7-14(8-6-12)28-10-16-22-23-20(24(16)3)29-11-17(25)21-18-15(19(26)27-4)9-13(2)30-18/h5-9H,10-11H2,1-4H3,(H,21,25). The van der Waals surface area contributed by atoms with E-state index in [4.69, 9.17) is 9.47 Å². The van der Waals surface area contributed by atoms with E-state index >= 15 is 0 Å². The fourth-order valence-corrected chi connectivity index (χ4v) is 4.19. The van der Waals surface area contributed by atoms with Crippen LogP contribution < -0.4 is 10.1 Å². The highest BCUT2D eigenvalue weighted by molar-refractivity contribution is 7.99. The van der Waals surface area contributed by atoms with Gasteiger partial charge in [0, 0.05) is 11.9 Å². The molecule has 0 atom stereocenters. The van der Waals surface area contributed by atoms with Gasteiger partial charge in [-0.25, -0.2) is 4.79 Å². The smallest absolute Gasteiger partial charge is 0.340 e. The van der Waals surface area contributed by atoms with Gasteiger partial charge >= 0.3 is 5.97 Å². The van der Waals surface area contributed by atoms with E-state index < -0.39 is 5.97 Å². The molecule has 0 bridgehead atoms. The van der Waals surface area contributed by atoms with Gasteiger partial charge in [-0.15, -0.1) is 21.5 Å². The summed E-state index contributed by atoms with van der Waals surface area (Å²) in [6.07, 6.45) is 0. The van der Waals surface area contributed by atoms with E-state index in [0.29, 0.717) is 21.5 Å². The Kier molecular flexibility index (Phi) is 7.11. The number of amides is 1. The number of benzene rings is 1. The van der Waals surface area contributed by atoms with Gasteiger partial charge in [0.05, 0.1) is 18.4 Å². The van der Waals surface area contributed by atoms with E-state index in [2.05, 4.69) is 15.5 Å². The van der Waals surface area contributed by atoms with Crippen molar-refractivity contribution in [3.63, 3.8) is 0 Å². The second-order valence-electron chi connectivity index (χ2n) is 6.49. The van der Waals surface area contributed by atoms with E-state index in [0.717, 1.165) is 16.2 Å². The number of carbonyl (C=O) groups excluding carboxylic acids is 2. The fraction of sp³-hybridized carbons (Fsp3) is 0.300. The largest absolute Gasteiger partial charge is 0.486 e. The molecule has 158 valence electrons. The number of aromatic nitrogens is 3. The van der Waals surface area contributed by atoms with Crippen LogP contribution in [0.15, 0.2) is 35.5 Å². The van der Waals surface area contributed by atoms with Gasteiger partial charge in [0.2, 0.25) is 5.91 Å². The van der Waals surface area contributed by atoms with E-state index in [1.54, 1.807) is 10.6 Å². The first-order valence-corrected chi connectivity index (χ1v) is 10.9. The monoisotopic (exact) mass is 446 g/mol. The van der Waals surface area contributed by atoms with Crippen LogP contribution in [0.3, 0.4) is 0 Å². The number of esters is 1. The lowest BCUT2D eigenvalue weighted by Crippen LogP contribution is -2.16. The van der Waals surface area contributed by atoms with E-state index in [1.165, 1.54) is 30.2 Å². The highest BCUT2D eigenvalue weighted by Gasteiger charge is 2.18. The number of thioether (sulfide) groups is 1. The molecule has 0 radical (unpaired) electrons. The topological polar surface area (TPSA) is 95.3 Å². The lowest BCUT2D eigenvalue weighted by atomic mass is 10.2. The molecule has 3 rings (SSSR count). The third-order valence-corrected chi connectivity index (χ3v) is 6.15. The number of aryl methyl sites for hydroxylation is 2. The van der Waals surface area contributed by atoms with Gasteiger partial charge in [0.25, 0.3) is 0 Å². The Hall–Kier alpha value is -2.85. The van der Waals surface area contributed by atoms with Gasteiger partial charge < -0.3 is 19.4 Å². The maximum Gasteiger partial charge on any atom is 0.340 e. The average Bonchev–Trinajstić information content (AvgIpc) is 3.27. The van der Waals surface area contributed by atoms with Crippen LogP contribution in [0.4, 0.5) is 5.00 Å². The fourth-order valence-electron chi connectivity index (χ4n) is 2.54. The van der Waals surface area contributed by atoms with Crippen LogP contribution in [-0.4, -0.2) is 39.5 Å². The molecule has 0 fully saturated rings. The molecule has 0 aliphatic rings. The Bertz CT molecular complexity index is 1040. The molecule has 0 spiro atoms. The summed E-state index contributed by atoms with van der Waals surface area (Å²) in [6.45, 7) is 4.15. The van der Waals surface area contributed by atoms with Gasteiger partial charge in [-0.1, -0.05) is 29.5 Å². The number of ether oxygens (including phenoxy) is 2. The van der Waals surface area contributed by atoms with Gasteiger partial charge in [-0.2, -0.15) is 0 Å². The van der Waals surface area contributed by atoms with Crippen molar-refractivity contribution in [2.75, 3.05) is 18.2 Å². The molecule has 3 aromatic rings. The van der Waals surface area contributed by atoms with Crippen LogP contribution in [0.1, 0.15) is 26.6 Å². The van der Waals surface area contributed by atoms with Crippen molar-refractivity contribution in [2.24, 2.45) is 7.05 Å². The van der Waals surface area contributed by atoms with Crippen molar-refractivity contribution in [2.45, 2.75) is 25.6 Å². The number of methoxy groups -OCH3 is 1. The zero-order chi connectivity index (χ0) is 21.7. The number of hydrogen-bond donors (Lipinski definition) is 1. The van der Waals surface area contributed by atoms with E-state index in [9.17, 15) is 9.59 Å². The zero-order valence-electron chi connectivity index (χ0n) is 17.1. The molecule has 1 N–H and O–H groups in total. The van der Waals surface area contributed by atoms with Crippen LogP contribution in [0.25, 0.3) is 0 Å². The summed E-state index contributed by atoms with van der Waals surface area (Å²) in [5.41, 5.74) is 1.52. The molecule has 0 aliphatic carbocycles. The Morgan fingerprint density at radius 3 is 2.63 bits per heavy atom. The molecule has 1 aromatic carbocycles. The molecule has 1 amide bonds. The number of nitrogens with one attached hydrogen (secondary N) is 1. The molecule has 0 unspecified atom stereocenters. The summed E-state index contributed by atoms with van der Waals surface area (Å²) in [5.74, 6) is 0.814. The van der Waals surface area contributed by atoms with Crippen molar-refractivity contribution in [1.29, 1.82) is 0 Å². The normalized spacial score (nSPS) is 10.7. The van der Waals surface area contributed by atoms with Crippen LogP contribution in [0.5, 0.6) is 5.75 Å². The maximum atomic E-state index is 12.4. The van der Waals surface area contributed by atoms with Crippen molar-refractivity contribution < 1.29 is 19.1 Å². The molecular formula is C20H22N4O4S2. The predicted molar refractivity (Wildman–Crippen MR) is 116 cm³/mol. The Balaban J connectivity index is 1.55. The predicted octanol–water partition coefficient (Wildman–Crippen LogP) is 3.59. The molecule has 8 nitrogen and oxygen atoms in total. The summed E-state index contributed by atoms with van der Waals surface area (Å²) in [6, 6.07) is 9.46. The minimum absolute atomic E-state index is 0.127. The summed E-state index contributed by atoms with van der Waals surface area (Å²) in [7, 11) is 3.14. The van der Waals surface area contributed by atoms with Gasteiger partial charge in [-0.3, -0.25) is 4.79 Å². The highest BCUT2D eigenvalue weighted by atomic mass is 32.2. The quantitative estimate of drug-likeness (QED) is 0.417. The second kappa shape index (κ2) is 9.77. The first-order valence-electron chi connectivity index (χ1n) is 9.06. The van der Waals surface area contributed by atoms with Crippen molar-refractivity contribution >= 4 is 40.0 Å². The zero-order valence-corrected chi connectivity index (χ0v) is 18.7. The highest BCUT2D eigenvalue weighted by Crippen LogP contribution is 2.28. The molecule has 0 aliphatic heterocycles. The van der Waals surface area contributed by atoms with Gasteiger partial charge in [-0.05, 0) is 32.0 Å². The molecule has 0 saturated heterocycles. The minimum Gasteiger partial charge on any atom is -0.486 e. The van der Waals surface area contributed by atoms with Crippen LogP contribution in [0, 0.1) is 13.8 Å². The van der Waals surface area contributed by atoms with Crippen LogP contribution >= 0.6 is 23.1 Å². The lowest BCUT2D eigenvalue weighted by Gasteiger charge is -2.07. The number of rotatable bonds is 8. The number of hydrogen-bond acceptors (Lipinski definition) is 8. The molecule has 2 heterocycles. The molecule has 2 aromatic heterocycles. The summed E-state index contributed by atoms with van der Waals surface area (Å²) < 4.78 is 12.3. The first-order chi connectivity index (χ1) is 14.4. The molecule has 30 heavy (non-hydrogen) atoms. The summed E-state index contributed by atoms with van der Waals surface area (Å²) in [5, 5.41) is 12.1. The molecule has 10 heteroatoms. The van der Waals surface area contributed by atoms with Crippen LogP contribution in [-0.2, 0) is 23.2 Å². The number of nitrogens with zero attached hydrogens (tertiary/aromatic N) is 3. The number of anilines is 1. The van der Waals surface area contributed by atoms with Gasteiger partial charge in [0.1, 0.15) is 17.4 Å². The Morgan fingerprint density at radius 1 is 1.20 bits per heavy atom.